The van der Waals surface area contributed by atoms with Gasteiger partial charge in [0.15, 0.2) is 0 Å². The fraction of sp³-hybridized carbons (Fsp3) is 0.533. The molecule has 23 heavy (non-hydrogen) atoms. The van der Waals surface area contributed by atoms with E-state index in [0.29, 0.717) is 26.3 Å². The van der Waals surface area contributed by atoms with Gasteiger partial charge in [-0.3, -0.25) is 4.79 Å². The fourth-order valence-electron chi connectivity index (χ4n) is 2.37. The van der Waals surface area contributed by atoms with Gasteiger partial charge >= 0.3 is 0 Å². The SMILES string of the molecule is CN(C)C(CNC(=O)C1COCCN1)c1cccc(F)c1.Cl.Cl. The molecule has 1 aliphatic heterocycles. The molecule has 1 aliphatic rings. The number of hydrogen-bond acceptors (Lipinski definition) is 4. The first kappa shape index (κ1) is 22.1. The number of carbonyl (C=O) groups excluding carboxylic acids is 1. The largest absolute Gasteiger partial charge is 0.378 e. The van der Waals surface area contributed by atoms with Crippen LogP contribution < -0.4 is 10.6 Å². The Hall–Kier alpha value is -0.920. The molecule has 0 saturated carbocycles. The average molecular weight is 368 g/mol. The van der Waals surface area contributed by atoms with Gasteiger partial charge in [-0.15, -0.1) is 24.8 Å². The fourth-order valence-corrected chi connectivity index (χ4v) is 2.37. The third kappa shape index (κ3) is 6.61. The minimum absolute atomic E-state index is 0. The molecule has 132 valence electrons. The maximum absolute atomic E-state index is 13.3. The lowest BCUT2D eigenvalue weighted by molar-refractivity contribution is -0.126. The van der Waals surface area contributed by atoms with Crippen LogP contribution in [0.25, 0.3) is 0 Å². The van der Waals surface area contributed by atoms with E-state index in [4.69, 9.17) is 4.74 Å². The Bertz CT molecular complexity index is 486. The number of morpholine rings is 1. The van der Waals surface area contributed by atoms with Crippen molar-refractivity contribution >= 4 is 30.7 Å². The zero-order valence-electron chi connectivity index (χ0n) is 13.3. The molecule has 2 N–H and O–H groups in total. The Kier molecular flexibility index (Phi) is 10.3. The molecule has 1 aromatic carbocycles. The maximum Gasteiger partial charge on any atom is 0.239 e. The molecule has 1 aromatic rings. The number of hydrogen-bond donors (Lipinski definition) is 2. The summed E-state index contributed by atoms with van der Waals surface area (Å²) in [5, 5.41) is 6.02. The molecule has 2 rings (SSSR count). The summed E-state index contributed by atoms with van der Waals surface area (Å²) in [4.78, 5) is 14.0. The van der Waals surface area contributed by atoms with Crippen molar-refractivity contribution in [3.63, 3.8) is 0 Å². The van der Waals surface area contributed by atoms with Crippen LogP contribution in [-0.4, -0.2) is 57.2 Å². The molecule has 2 atom stereocenters. The molecule has 0 bridgehead atoms. The first-order valence-corrected chi connectivity index (χ1v) is 7.08. The van der Waals surface area contributed by atoms with Gasteiger partial charge < -0.3 is 20.3 Å². The summed E-state index contributed by atoms with van der Waals surface area (Å²) < 4.78 is 18.6. The van der Waals surface area contributed by atoms with Crippen LogP contribution in [0.3, 0.4) is 0 Å². The Morgan fingerprint density at radius 3 is 2.78 bits per heavy atom. The van der Waals surface area contributed by atoms with Gasteiger partial charge in [-0.25, -0.2) is 4.39 Å². The lowest BCUT2D eigenvalue weighted by Gasteiger charge is -2.27. The van der Waals surface area contributed by atoms with Gasteiger partial charge in [0.05, 0.1) is 19.3 Å². The van der Waals surface area contributed by atoms with E-state index in [-0.39, 0.29) is 48.6 Å². The van der Waals surface area contributed by atoms with E-state index in [1.54, 1.807) is 6.07 Å². The number of amides is 1. The van der Waals surface area contributed by atoms with Crippen molar-refractivity contribution in [1.29, 1.82) is 0 Å². The zero-order valence-corrected chi connectivity index (χ0v) is 14.9. The highest BCUT2D eigenvalue weighted by Gasteiger charge is 2.23. The Morgan fingerprint density at radius 2 is 2.22 bits per heavy atom. The van der Waals surface area contributed by atoms with Gasteiger partial charge in [-0.05, 0) is 31.8 Å². The number of likely N-dealkylation sites (N-methyl/N-ethyl adjacent to an activating group) is 1. The first-order valence-electron chi connectivity index (χ1n) is 7.08. The summed E-state index contributed by atoms with van der Waals surface area (Å²) in [7, 11) is 3.81. The monoisotopic (exact) mass is 367 g/mol. The highest BCUT2D eigenvalue weighted by molar-refractivity contribution is 5.85. The molecule has 1 saturated heterocycles. The van der Waals surface area contributed by atoms with Gasteiger partial charge in [0.1, 0.15) is 11.9 Å². The number of halogens is 3. The molecule has 2 unspecified atom stereocenters. The number of rotatable bonds is 5. The van der Waals surface area contributed by atoms with Crippen molar-refractivity contribution < 1.29 is 13.9 Å². The Labute approximate surface area is 148 Å². The van der Waals surface area contributed by atoms with Crippen molar-refractivity contribution in [2.45, 2.75) is 12.1 Å². The van der Waals surface area contributed by atoms with Crippen molar-refractivity contribution in [3.8, 4) is 0 Å². The minimum Gasteiger partial charge on any atom is -0.378 e. The van der Waals surface area contributed by atoms with Crippen LogP contribution >= 0.6 is 24.8 Å². The van der Waals surface area contributed by atoms with Gasteiger partial charge in [0, 0.05) is 13.1 Å². The third-order valence-electron chi connectivity index (χ3n) is 3.56. The predicted octanol–water partition coefficient (Wildman–Crippen LogP) is 1.38. The van der Waals surface area contributed by atoms with E-state index in [9.17, 15) is 9.18 Å². The van der Waals surface area contributed by atoms with Crippen LogP contribution in [-0.2, 0) is 9.53 Å². The van der Waals surface area contributed by atoms with Crippen molar-refractivity contribution in [1.82, 2.24) is 15.5 Å². The summed E-state index contributed by atoms with van der Waals surface area (Å²) in [6, 6.07) is 6.07. The van der Waals surface area contributed by atoms with Crippen LogP contribution in [0.2, 0.25) is 0 Å². The molecule has 1 amide bonds. The van der Waals surface area contributed by atoms with Gasteiger partial charge in [-0.2, -0.15) is 0 Å². The number of benzene rings is 1. The molecular weight excluding hydrogens is 344 g/mol. The average Bonchev–Trinajstić information content (AvgIpc) is 2.48. The van der Waals surface area contributed by atoms with Crippen LogP contribution in [0, 0.1) is 5.82 Å². The highest BCUT2D eigenvalue weighted by Crippen LogP contribution is 2.18. The topological polar surface area (TPSA) is 53.6 Å². The van der Waals surface area contributed by atoms with E-state index in [2.05, 4.69) is 10.6 Å². The molecule has 8 heteroatoms. The molecule has 0 radical (unpaired) electrons. The number of nitrogens with one attached hydrogen (secondary N) is 2. The normalized spacial score (nSPS) is 18.5. The number of carbonyl (C=O) groups is 1. The van der Waals surface area contributed by atoms with Crippen molar-refractivity contribution in [3.05, 3.63) is 35.6 Å². The molecule has 1 fully saturated rings. The quantitative estimate of drug-likeness (QED) is 0.825. The summed E-state index contributed by atoms with van der Waals surface area (Å²) in [6.45, 7) is 2.12. The summed E-state index contributed by atoms with van der Waals surface area (Å²) in [5.41, 5.74) is 0.841. The Morgan fingerprint density at radius 1 is 1.48 bits per heavy atom. The zero-order chi connectivity index (χ0) is 15.2. The van der Waals surface area contributed by atoms with Crippen LogP contribution in [0.4, 0.5) is 4.39 Å². The summed E-state index contributed by atoms with van der Waals surface area (Å²) >= 11 is 0. The van der Waals surface area contributed by atoms with Gasteiger partial charge in [-0.1, -0.05) is 12.1 Å². The van der Waals surface area contributed by atoms with Crippen LogP contribution in [0.15, 0.2) is 24.3 Å². The molecule has 0 aromatic heterocycles. The molecule has 0 aliphatic carbocycles. The van der Waals surface area contributed by atoms with E-state index in [1.807, 2.05) is 25.1 Å². The molecule has 0 spiro atoms. The first-order chi connectivity index (χ1) is 10.1. The van der Waals surface area contributed by atoms with E-state index < -0.39 is 0 Å². The van der Waals surface area contributed by atoms with Crippen molar-refractivity contribution in [2.24, 2.45) is 0 Å². The van der Waals surface area contributed by atoms with Crippen molar-refractivity contribution in [2.75, 3.05) is 40.4 Å². The highest BCUT2D eigenvalue weighted by atomic mass is 35.5. The van der Waals surface area contributed by atoms with Gasteiger partial charge in [0.2, 0.25) is 5.91 Å². The van der Waals surface area contributed by atoms with E-state index >= 15 is 0 Å². The maximum atomic E-state index is 13.3. The molecule has 5 nitrogen and oxygen atoms in total. The Balaban J connectivity index is 0.00000242. The summed E-state index contributed by atoms with van der Waals surface area (Å²) in [5.74, 6) is -0.356. The second kappa shape index (κ2) is 10.8. The number of nitrogens with zero attached hydrogens (tertiary/aromatic N) is 1. The summed E-state index contributed by atoms with van der Waals surface area (Å²) in [6.07, 6.45) is 0. The number of ether oxygens (including phenoxy) is 1. The molecule has 1 heterocycles. The second-order valence-electron chi connectivity index (χ2n) is 5.36. The van der Waals surface area contributed by atoms with E-state index in [0.717, 1.165) is 5.56 Å². The standard InChI is InChI=1S/C15H22FN3O2.2ClH/c1-19(2)14(11-4-3-5-12(16)8-11)9-18-15(20)13-10-21-7-6-17-13;;/h3-5,8,13-14,17H,6-7,9-10H2,1-2H3,(H,18,20);2*1H. The second-order valence-corrected chi connectivity index (χ2v) is 5.36. The van der Waals surface area contributed by atoms with Crippen LogP contribution in [0.5, 0.6) is 0 Å². The predicted molar refractivity (Wildman–Crippen MR) is 92.9 cm³/mol. The van der Waals surface area contributed by atoms with Crippen LogP contribution in [0.1, 0.15) is 11.6 Å². The smallest absolute Gasteiger partial charge is 0.239 e. The van der Waals surface area contributed by atoms with Gasteiger partial charge in [0.25, 0.3) is 0 Å². The minimum atomic E-state index is -0.311. The lowest BCUT2D eigenvalue weighted by Crippen LogP contribution is -2.52. The lowest BCUT2D eigenvalue weighted by atomic mass is 10.1. The third-order valence-corrected chi connectivity index (χ3v) is 3.56. The molecular formula is C15H24Cl2FN3O2. The van der Waals surface area contributed by atoms with E-state index in [1.165, 1.54) is 12.1 Å².